The highest BCUT2D eigenvalue weighted by Crippen LogP contribution is 2.42. The van der Waals surface area contributed by atoms with Crippen molar-refractivity contribution < 1.29 is 8.42 Å². The number of aromatic nitrogens is 3. The molecular weight excluding hydrogens is 410 g/mol. The molecule has 0 spiro atoms. The lowest BCUT2D eigenvalue weighted by molar-refractivity contribution is 0.174. The number of hydrogen-bond acceptors (Lipinski definition) is 6. The molecule has 0 unspecified atom stereocenters. The molecular formula is C23H27N5O2S. The molecule has 3 heterocycles. The van der Waals surface area contributed by atoms with Gasteiger partial charge in [-0.25, -0.2) is 18.4 Å². The standard InChI is InChI=1S/C23H27N5O2S/c29-31(30)11-9-28(10-12-31)20-8-7-15-3-1-2-4-17(15)21(20)27-23-18-13-19(16-5-6-16)26-22(18)24-14-25-23/h1-4,13-14,16,20-21H,5-12H2,(H2,24,25,26,27)/t20-,21-/m0/s1. The molecule has 2 aliphatic carbocycles. The predicted molar refractivity (Wildman–Crippen MR) is 121 cm³/mol. The molecule has 2 fully saturated rings. The van der Waals surface area contributed by atoms with Crippen LogP contribution in [0.5, 0.6) is 0 Å². The first-order chi connectivity index (χ1) is 15.1. The zero-order chi connectivity index (χ0) is 21.0. The highest BCUT2D eigenvalue weighted by Gasteiger charge is 2.36. The molecule has 2 atom stereocenters. The molecule has 3 aromatic rings. The zero-order valence-electron chi connectivity index (χ0n) is 17.4. The third kappa shape index (κ3) is 3.61. The lowest BCUT2D eigenvalue weighted by Crippen LogP contribution is -2.51. The summed E-state index contributed by atoms with van der Waals surface area (Å²) in [4.78, 5) is 14.9. The molecule has 1 aliphatic heterocycles. The molecule has 1 aromatic carbocycles. The zero-order valence-corrected chi connectivity index (χ0v) is 18.2. The fourth-order valence-corrected chi connectivity index (χ4v) is 6.43. The van der Waals surface area contributed by atoms with E-state index in [4.69, 9.17) is 0 Å². The van der Waals surface area contributed by atoms with Gasteiger partial charge in [-0.2, -0.15) is 0 Å². The maximum atomic E-state index is 12.0. The smallest absolute Gasteiger partial charge is 0.152 e. The van der Waals surface area contributed by atoms with Gasteiger partial charge in [-0.15, -0.1) is 0 Å². The number of anilines is 1. The van der Waals surface area contributed by atoms with Gasteiger partial charge < -0.3 is 10.3 Å². The van der Waals surface area contributed by atoms with Gasteiger partial charge in [-0.1, -0.05) is 24.3 Å². The number of aryl methyl sites for hydroxylation is 1. The van der Waals surface area contributed by atoms with E-state index in [1.807, 2.05) is 0 Å². The molecule has 2 N–H and O–H groups in total. The van der Waals surface area contributed by atoms with E-state index >= 15 is 0 Å². The average molecular weight is 438 g/mol. The van der Waals surface area contributed by atoms with E-state index in [9.17, 15) is 8.42 Å². The number of H-pyrrole nitrogens is 1. The van der Waals surface area contributed by atoms with Crippen molar-refractivity contribution in [2.45, 2.75) is 43.7 Å². The lowest BCUT2D eigenvalue weighted by atomic mass is 9.83. The van der Waals surface area contributed by atoms with E-state index in [0.717, 1.165) is 29.7 Å². The van der Waals surface area contributed by atoms with Crippen LogP contribution in [0.4, 0.5) is 5.82 Å². The maximum absolute atomic E-state index is 12.0. The molecule has 162 valence electrons. The van der Waals surface area contributed by atoms with Crippen LogP contribution in [0.25, 0.3) is 11.0 Å². The van der Waals surface area contributed by atoms with Crippen LogP contribution in [0, 0.1) is 0 Å². The minimum Gasteiger partial charge on any atom is -0.361 e. The second kappa shape index (κ2) is 7.31. The molecule has 7 nitrogen and oxygen atoms in total. The Morgan fingerprint density at radius 1 is 1.06 bits per heavy atom. The molecule has 0 radical (unpaired) electrons. The summed E-state index contributed by atoms with van der Waals surface area (Å²) in [6.45, 7) is 1.20. The number of aromatic amines is 1. The van der Waals surface area contributed by atoms with Gasteiger partial charge in [-0.05, 0) is 48.8 Å². The van der Waals surface area contributed by atoms with Gasteiger partial charge in [0.2, 0.25) is 0 Å². The van der Waals surface area contributed by atoms with Gasteiger partial charge in [0.05, 0.1) is 22.9 Å². The van der Waals surface area contributed by atoms with E-state index in [2.05, 4.69) is 55.5 Å². The van der Waals surface area contributed by atoms with E-state index in [1.54, 1.807) is 6.33 Å². The van der Waals surface area contributed by atoms with E-state index < -0.39 is 9.84 Å². The average Bonchev–Trinajstić information content (AvgIpc) is 3.53. The van der Waals surface area contributed by atoms with Crippen molar-refractivity contribution >= 4 is 26.7 Å². The van der Waals surface area contributed by atoms with Crippen molar-refractivity contribution in [1.29, 1.82) is 0 Å². The first kappa shape index (κ1) is 19.3. The number of benzene rings is 1. The predicted octanol–water partition coefficient (Wildman–Crippen LogP) is 3.03. The molecule has 0 bridgehead atoms. The maximum Gasteiger partial charge on any atom is 0.152 e. The summed E-state index contributed by atoms with van der Waals surface area (Å²) in [6, 6.07) is 11.1. The Morgan fingerprint density at radius 2 is 1.87 bits per heavy atom. The highest BCUT2D eigenvalue weighted by atomic mass is 32.2. The summed E-state index contributed by atoms with van der Waals surface area (Å²) in [5, 5.41) is 4.79. The van der Waals surface area contributed by atoms with Crippen molar-refractivity contribution in [3.63, 3.8) is 0 Å². The quantitative estimate of drug-likeness (QED) is 0.652. The number of rotatable bonds is 4. The van der Waals surface area contributed by atoms with Crippen LogP contribution < -0.4 is 5.32 Å². The summed E-state index contributed by atoms with van der Waals surface area (Å²) >= 11 is 0. The van der Waals surface area contributed by atoms with Gasteiger partial charge in [-0.3, -0.25) is 4.90 Å². The summed E-state index contributed by atoms with van der Waals surface area (Å²) in [5.74, 6) is 1.97. The molecule has 6 rings (SSSR count). The fourth-order valence-electron chi connectivity index (χ4n) is 5.20. The summed E-state index contributed by atoms with van der Waals surface area (Å²) in [6.07, 6.45) is 6.10. The van der Waals surface area contributed by atoms with E-state index in [0.29, 0.717) is 19.0 Å². The largest absolute Gasteiger partial charge is 0.361 e. The second-order valence-electron chi connectivity index (χ2n) is 9.10. The molecule has 1 saturated carbocycles. The summed E-state index contributed by atoms with van der Waals surface area (Å²) in [7, 11) is -2.91. The number of nitrogens with one attached hydrogen (secondary N) is 2. The molecule has 31 heavy (non-hydrogen) atoms. The van der Waals surface area contributed by atoms with E-state index in [-0.39, 0.29) is 23.6 Å². The Bertz CT molecular complexity index is 1220. The molecule has 0 amide bonds. The second-order valence-corrected chi connectivity index (χ2v) is 11.4. The van der Waals surface area contributed by atoms with Crippen molar-refractivity contribution in [1.82, 2.24) is 19.9 Å². The topological polar surface area (TPSA) is 91.0 Å². The Hall–Kier alpha value is -2.45. The Morgan fingerprint density at radius 3 is 2.68 bits per heavy atom. The molecule has 1 saturated heterocycles. The van der Waals surface area contributed by atoms with Gasteiger partial charge >= 0.3 is 0 Å². The van der Waals surface area contributed by atoms with Crippen molar-refractivity contribution in [3.05, 3.63) is 53.5 Å². The van der Waals surface area contributed by atoms with Crippen molar-refractivity contribution in [2.24, 2.45) is 0 Å². The SMILES string of the molecule is O=S1(=O)CCN([C@H]2CCc3ccccc3[C@@H]2Nc2ncnc3[nH]c(C4CC4)cc23)CC1. The molecule has 3 aliphatic rings. The number of sulfone groups is 1. The third-order valence-electron chi connectivity index (χ3n) is 7.09. The van der Waals surface area contributed by atoms with Crippen molar-refractivity contribution in [2.75, 3.05) is 29.9 Å². The first-order valence-electron chi connectivity index (χ1n) is 11.2. The molecule has 2 aromatic heterocycles. The first-order valence-corrected chi connectivity index (χ1v) is 13.0. The van der Waals surface area contributed by atoms with Crippen LogP contribution in [0.15, 0.2) is 36.7 Å². The Labute approximate surface area is 182 Å². The third-order valence-corrected chi connectivity index (χ3v) is 8.70. The molecule has 8 heteroatoms. The number of hydrogen-bond donors (Lipinski definition) is 2. The normalized spacial score (nSPS) is 25.9. The minimum atomic E-state index is -2.91. The minimum absolute atomic E-state index is 0.0585. The Balaban J connectivity index is 1.36. The van der Waals surface area contributed by atoms with Crippen molar-refractivity contribution in [3.8, 4) is 0 Å². The van der Waals surface area contributed by atoms with Crippen LogP contribution in [-0.2, 0) is 16.3 Å². The van der Waals surface area contributed by atoms with Gasteiger partial charge in [0, 0.05) is 24.8 Å². The van der Waals surface area contributed by atoms with Gasteiger partial charge in [0.1, 0.15) is 17.8 Å². The fraction of sp³-hybridized carbons (Fsp3) is 0.478. The summed E-state index contributed by atoms with van der Waals surface area (Å²) < 4.78 is 24.0. The van der Waals surface area contributed by atoms with Gasteiger partial charge in [0.25, 0.3) is 0 Å². The van der Waals surface area contributed by atoms with Crippen LogP contribution >= 0.6 is 0 Å². The van der Waals surface area contributed by atoms with Crippen LogP contribution in [0.3, 0.4) is 0 Å². The van der Waals surface area contributed by atoms with Crippen LogP contribution in [-0.4, -0.2) is 58.9 Å². The highest BCUT2D eigenvalue weighted by molar-refractivity contribution is 7.91. The lowest BCUT2D eigenvalue weighted by Gasteiger charge is -2.43. The van der Waals surface area contributed by atoms with Crippen LogP contribution in [0.1, 0.15) is 48.0 Å². The Kier molecular flexibility index (Phi) is 4.54. The van der Waals surface area contributed by atoms with Gasteiger partial charge in [0.15, 0.2) is 9.84 Å². The number of nitrogens with zero attached hydrogens (tertiary/aromatic N) is 3. The van der Waals surface area contributed by atoms with E-state index in [1.165, 1.54) is 29.7 Å². The monoisotopic (exact) mass is 437 g/mol. The summed E-state index contributed by atoms with van der Waals surface area (Å²) in [5.41, 5.74) is 4.78. The number of fused-ring (bicyclic) bond motifs is 2. The van der Waals surface area contributed by atoms with Crippen LogP contribution in [0.2, 0.25) is 0 Å².